The third kappa shape index (κ3) is 4.80. The van der Waals surface area contributed by atoms with Crippen molar-refractivity contribution in [3.05, 3.63) is 52.9 Å². The number of rotatable bonds is 5. The van der Waals surface area contributed by atoms with E-state index in [0.717, 1.165) is 69.0 Å². The lowest BCUT2D eigenvalue weighted by Crippen LogP contribution is -2.51. The van der Waals surface area contributed by atoms with E-state index in [4.69, 9.17) is 4.74 Å². The Morgan fingerprint density at radius 1 is 1.06 bits per heavy atom. The molecule has 0 aromatic heterocycles. The molecule has 0 bridgehead atoms. The molecule has 1 atom stereocenters. The summed E-state index contributed by atoms with van der Waals surface area (Å²) in [7, 11) is 8.03. The average Bonchev–Trinajstić information content (AvgIpc) is 2.79. The highest BCUT2D eigenvalue weighted by Crippen LogP contribution is 2.38. The normalized spacial score (nSPS) is 22.8. The zero-order valence-corrected chi connectivity index (χ0v) is 19.4. The van der Waals surface area contributed by atoms with Crippen molar-refractivity contribution < 1.29 is 9.53 Å². The smallest absolute Gasteiger partial charge is 0.230 e. The molecule has 1 aromatic carbocycles. The topological polar surface area (TPSA) is 39.3 Å². The van der Waals surface area contributed by atoms with Crippen LogP contribution in [0, 0.1) is 0 Å². The van der Waals surface area contributed by atoms with E-state index in [1.165, 1.54) is 11.1 Å². The Hall–Kier alpha value is -2.31. The molecule has 3 aliphatic rings. The third-order valence-electron chi connectivity index (χ3n) is 6.94. The number of piperazine rings is 1. The lowest BCUT2D eigenvalue weighted by atomic mass is 9.83. The Balaban J connectivity index is 1.52. The van der Waals surface area contributed by atoms with Crippen LogP contribution in [0.2, 0.25) is 0 Å². The SMILES string of the molecule is COC1=C2CCN(C(=O)Cc3ccc(N(C)C)cc3)C=C2C(N2CCN(C)CC2)CC1. The van der Waals surface area contributed by atoms with Crippen LogP contribution in [-0.2, 0) is 16.0 Å². The standard InChI is InChI=1S/C25H36N4O2/c1-26(2)20-7-5-19(6-8-20)17-25(30)29-12-11-21-22(18-29)23(9-10-24(21)31-4)28-15-13-27(3)14-16-28/h5-8,18,23H,9-17H2,1-4H3. The maximum absolute atomic E-state index is 13.1. The Bertz CT molecular complexity index is 851. The summed E-state index contributed by atoms with van der Waals surface area (Å²) in [6.07, 6.45) is 5.51. The third-order valence-corrected chi connectivity index (χ3v) is 6.94. The first-order chi connectivity index (χ1) is 15.0. The molecule has 0 radical (unpaired) electrons. The van der Waals surface area contributed by atoms with E-state index in [-0.39, 0.29) is 5.91 Å². The number of fused-ring (bicyclic) bond motifs is 1. The minimum atomic E-state index is 0.172. The molecule has 6 heteroatoms. The molecular weight excluding hydrogens is 388 g/mol. The van der Waals surface area contributed by atoms with Crippen molar-refractivity contribution in [3.8, 4) is 0 Å². The monoisotopic (exact) mass is 424 g/mol. The van der Waals surface area contributed by atoms with Crippen LogP contribution < -0.4 is 4.90 Å². The van der Waals surface area contributed by atoms with Crippen LogP contribution in [0.4, 0.5) is 5.69 Å². The van der Waals surface area contributed by atoms with E-state index >= 15 is 0 Å². The first-order valence-electron chi connectivity index (χ1n) is 11.4. The molecule has 1 saturated heterocycles. The summed E-state index contributed by atoms with van der Waals surface area (Å²) < 4.78 is 5.74. The predicted molar refractivity (Wildman–Crippen MR) is 125 cm³/mol. The minimum Gasteiger partial charge on any atom is -0.501 e. The van der Waals surface area contributed by atoms with Crippen LogP contribution in [0.1, 0.15) is 24.8 Å². The van der Waals surface area contributed by atoms with E-state index in [2.05, 4.69) is 52.2 Å². The van der Waals surface area contributed by atoms with E-state index in [1.807, 2.05) is 19.0 Å². The number of anilines is 1. The maximum Gasteiger partial charge on any atom is 0.230 e. The summed E-state index contributed by atoms with van der Waals surface area (Å²) in [5.74, 6) is 1.29. The van der Waals surface area contributed by atoms with Crippen LogP contribution >= 0.6 is 0 Å². The number of methoxy groups -OCH3 is 1. The molecule has 1 unspecified atom stereocenters. The van der Waals surface area contributed by atoms with Crippen LogP contribution in [0.25, 0.3) is 0 Å². The number of ether oxygens (including phenoxy) is 1. The molecule has 1 fully saturated rings. The molecule has 0 saturated carbocycles. The van der Waals surface area contributed by atoms with Gasteiger partial charge in [0.15, 0.2) is 0 Å². The van der Waals surface area contributed by atoms with Crippen LogP contribution in [0.5, 0.6) is 0 Å². The van der Waals surface area contributed by atoms with Gasteiger partial charge < -0.3 is 19.4 Å². The van der Waals surface area contributed by atoms with Gasteiger partial charge in [-0.3, -0.25) is 9.69 Å². The van der Waals surface area contributed by atoms with Gasteiger partial charge >= 0.3 is 0 Å². The van der Waals surface area contributed by atoms with Crippen molar-refractivity contribution in [2.75, 3.05) is 65.9 Å². The summed E-state index contributed by atoms with van der Waals surface area (Å²) in [6.45, 7) is 5.10. The van der Waals surface area contributed by atoms with Gasteiger partial charge in [0.2, 0.25) is 5.91 Å². The van der Waals surface area contributed by atoms with E-state index < -0.39 is 0 Å². The predicted octanol–water partition coefficient (Wildman–Crippen LogP) is 2.72. The molecule has 6 nitrogen and oxygen atoms in total. The molecular formula is C25H36N4O2. The van der Waals surface area contributed by atoms with Gasteiger partial charge in [-0.15, -0.1) is 0 Å². The molecule has 31 heavy (non-hydrogen) atoms. The van der Waals surface area contributed by atoms with Crippen LogP contribution in [-0.4, -0.2) is 87.6 Å². The summed E-state index contributed by atoms with van der Waals surface area (Å²) >= 11 is 0. The number of carbonyl (C=O) groups is 1. The summed E-state index contributed by atoms with van der Waals surface area (Å²) in [6, 6.07) is 8.66. The first kappa shape index (κ1) is 21.9. The molecule has 2 heterocycles. The zero-order chi connectivity index (χ0) is 22.0. The quantitative estimate of drug-likeness (QED) is 0.727. The van der Waals surface area contributed by atoms with Crippen molar-refractivity contribution >= 4 is 11.6 Å². The number of hydrogen-bond acceptors (Lipinski definition) is 5. The fourth-order valence-electron chi connectivity index (χ4n) is 4.97. The lowest BCUT2D eigenvalue weighted by molar-refractivity contribution is -0.128. The van der Waals surface area contributed by atoms with Crippen molar-refractivity contribution in [1.29, 1.82) is 0 Å². The largest absolute Gasteiger partial charge is 0.501 e. The number of benzene rings is 1. The number of likely N-dealkylation sites (N-methyl/N-ethyl adjacent to an activating group) is 1. The molecule has 1 aromatic rings. The molecule has 1 amide bonds. The van der Waals surface area contributed by atoms with Gasteiger partial charge in [0.25, 0.3) is 0 Å². The number of hydrogen-bond donors (Lipinski definition) is 0. The molecule has 168 valence electrons. The van der Waals surface area contributed by atoms with Crippen molar-refractivity contribution in [1.82, 2.24) is 14.7 Å². The van der Waals surface area contributed by atoms with Gasteiger partial charge in [-0.2, -0.15) is 0 Å². The van der Waals surface area contributed by atoms with Crippen LogP contribution in [0.3, 0.4) is 0 Å². The fourth-order valence-corrected chi connectivity index (χ4v) is 4.97. The van der Waals surface area contributed by atoms with Gasteiger partial charge in [-0.25, -0.2) is 0 Å². The van der Waals surface area contributed by atoms with Gasteiger partial charge in [-0.05, 0) is 48.7 Å². The van der Waals surface area contributed by atoms with Gasteiger partial charge in [0, 0.05) is 71.2 Å². The summed E-state index contributed by atoms with van der Waals surface area (Å²) in [5, 5.41) is 0. The zero-order valence-electron chi connectivity index (χ0n) is 19.4. The second-order valence-electron chi connectivity index (χ2n) is 9.16. The molecule has 4 rings (SSSR count). The van der Waals surface area contributed by atoms with Crippen molar-refractivity contribution in [3.63, 3.8) is 0 Å². The number of allylic oxidation sites excluding steroid dienone is 1. The summed E-state index contributed by atoms with van der Waals surface area (Å²) in [5.41, 5.74) is 4.84. The van der Waals surface area contributed by atoms with E-state index in [1.54, 1.807) is 7.11 Å². The average molecular weight is 425 g/mol. The van der Waals surface area contributed by atoms with Gasteiger partial charge in [0.1, 0.15) is 0 Å². The Kier molecular flexibility index (Phi) is 6.68. The van der Waals surface area contributed by atoms with Crippen LogP contribution in [0.15, 0.2) is 47.4 Å². The van der Waals surface area contributed by atoms with E-state index in [9.17, 15) is 4.79 Å². The molecule has 0 N–H and O–H groups in total. The second kappa shape index (κ2) is 9.45. The molecule has 2 aliphatic heterocycles. The van der Waals surface area contributed by atoms with Gasteiger partial charge in [0.05, 0.1) is 19.3 Å². The van der Waals surface area contributed by atoms with E-state index in [0.29, 0.717) is 12.5 Å². The first-order valence-corrected chi connectivity index (χ1v) is 11.4. The number of nitrogens with zero attached hydrogens (tertiary/aromatic N) is 4. The highest BCUT2D eigenvalue weighted by molar-refractivity contribution is 5.80. The molecule has 1 aliphatic carbocycles. The second-order valence-corrected chi connectivity index (χ2v) is 9.16. The Morgan fingerprint density at radius 2 is 1.77 bits per heavy atom. The summed E-state index contributed by atoms with van der Waals surface area (Å²) in [4.78, 5) is 22.2. The lowest BCUT2D eigenvalue weighted by Gasteiger charge is -2.43. The minimum absolute atomic E-state index is 0.172. The van der Waals surface area contributed by atoms with Crippen molar-refractivity contribution in [2.45, 2.75) is 31.7 Å². The highest BCUT2D eigenvalue weighted by Gasteiger charge is 2.35. The van der Waals surface area contributed by atoms with Gasteiger partial charge in [-0.1, -0.05) is 12.1 Å². The highest BCUT2D eigenvalue weighted by atomic mass is 16.5. The number of carbonyl (C=O) groups excluding carboxylic acids is 1. The van der Waals surface area contributed by atoms with Crippen molar-refractivity contribution in [2.24, 2.45) is 0 Å². The number of amides is 1. The molecule has 0 spiro atoms. The maximum atomic E-state index is 13.1. The fraction of sp³-hybridized carbons (Fsp3) is 0.560. The Labute approximate surface area is 186 Å². The Morgan fingerprint density at radius 3 is 2.42 bits per heavy atom.